The maximum Gasteiger partial charge on any atom is 0.259 e. The molecule has 0 saturated heterocycles. The van der Waals surface area contributed by atoms with Crippen molar-refractivity contribution in [2.45, 2.75) is 20.8 Å². The molecule has 2 aromatic carbocycles. The Labute approximate surface area is 133 Å². The van der Waals surface area contributed by atoms with Gasteiger partial charge in [0.25, 0.3) is 5.91 Å². The molecule has 0 aliphatic rings. The number of benzene rings is 2. The predicted octanol–water partition coefficient (Wildman–Crippen LogP) is 4.72. The number of anilines is 1. The summed E-state index contributed by atoms with van der Waals surface area (Å²) in [5.41, 5.74) is 3.65. The zero-order chi connectivity index (χ0) is 15.4. The molecule has 0 unspecified atom stereocenters. The average molecular weight is 348 g/mol. The molecule has 2 aromatic rings. The number of nitrogens with one attached hydrogen (secondary N) is 1. The van der Waals surface area contributed by atoms with Crippen LogP contribution < -0.4 is 10.1 Å². The number of hydrogen-bond acceptors (Lipinski definition) is 2. The molecule has 1 N–H and O–H groups in total. The van der Waals surface area contributed by atoms with Crippen LogP contribution in [0.5, 0.6) is 5.75 Å². The van der Waals surface area contributed by atoms with E-state index in [0.29, 0.717) is 17.9 Å². The van der Waals surface area contributed by atoms with Crippen molar-refractivity contribution in [2.24, 2.45) is 0 Å². The fraction of sp³-hybridized carbons (Fsp3) is 0.235. The van der Waals surface area contributed by atoms with E-state index in [1.165, 1.54) is 5.56 Å². The SMILES string of the molecule is CCOc1ccc(Br)cc1C(=O)Nc1ccc(C)c(C)c1. The fourth-order valence-corrected chi connectivity index (χ4v) is 2.34. The Kier molecular flexibility index (Phi) is 5.02. The highest BCUT2D eigenvalue weighted by Gasteiger charge is 2.13. The molecule has 21 heavy (non-hydrogen) atoms. The highest BCUT2D eigenvalue weighted by atomic mass is 79.9. The number of ether oxygens (including phenoxy) is 1. The molecule has 0 saturated carbocycles. The van der Waals surface area contributed by atoms with E-state index in [1.807, 2.05) is 45.0 Å². The number of carbonyl (C=O) groups excluding carboxylic acids is 1. The van der Waals surface area contributed by atoms with Crippen molar-refractivity contribution in [2.75, 3.05) is 11.9 Å². The molecule has 3 nitrogen and oxygen atoms in total. The zero-order valence-corrected chi connectivity index (χ0v) is 14.0. The Bertz CT molecular complexity index is 668. The second-order valence-corrected chi connectivity index (χ2v) is 5.74. The van der Waals surface area contributed by atoms with E-state index < -0.39 is 0 Å². The molecule has 4 heteroatoms. The molecule has 2 rings (SSSR count). The molecule has 0 atom stereocenters. The summed E-state index contributed by atoms with van der Waals surface area (Å²) in [5.74, 6) is 0.407. The Morgan fingerprint density at radius 2 is 1.90 bits per heavy atom. The van der Waals surface area contributed by atoms with Crippen LogP contribution in [0, 0.1) is 13.8 Å². The largest absolute Gasteiger partial charge is 0.493 e. The van der Waals surface area contributed by atoms with Gasteiger partial charge >= 0.3 is 0 Å². The van der Waals surface area contributed by atoms with Gasteiger partial charge in [-0.25, -0.2) is 0 Å². The lowest BCUT2D eigenvalue weighted by Crippen LogP contribution is -2.14. The van der Waals surface area contributed by atoms with E-state index in [0.717, 1.165) is 15.7 Å². The van der Waals surface area contributed by atoms with Gasteiger partial charge in [-0.05, 0) is 62.2 Å². The van der Waals surface area contributed by atoms with E-state index in [2.05, 4.69) is 21.2 Å². The molecule has 0 aliphatic heterocycles. The van der Waals surface area contributed by atoms with Gasteiger partial charge in [-0.15, -0.1) is 0 Å². The molecule has 0 aromatic heterocycles. The third-order valence-electron chi connectivity index (χ3n) is 3.25. The summed E-state index contributed by atoms with van der Waals surface area (Å²) in [6.45, 7) is 6.48. The van der Waals surface area contributed by atoms with Crippen LogP contribution in [0.4, 0.5) is 5.69 Å². The molecular weight excluding hydrogens is 330 g/mol. The van der Waals surface area contributed by atoms with Crippen LogP contribution in [0.3, 0.4) is 0 Å². The topological polar surface area (TPSA) is 38.3 Å². The highest BCUT2D eigenvalue weighted by Crippen LogP contribution is 2.25. The average Bonchev–Trinajstić information content (AvgIpc) is 2.45. The van der Waals surface area contributed by atoms with Crippen LogP contribution in [-0.2, 0) is 0 Å². The molecule has 0 aliphatic carbocycles. The van der Waals surface area contributed by atoms with Gasteiger partial charge in [0.05, 0.1) is 12.2 Å². The van der Waals surface area contributed by atoms with Gasteiger partial charge in [0.2, 0.25) is 0 Å². The standard InChI is InChI=1S/C17H18BrNO2/c1-4-21-16-8-6-13(18)10-15(16)17(20)19-14-7-5-11(2)12(3)9-14/h5-10H,4H2,1-3H3,(H,19,20). The van der Waals surface area contributed by atoms with E-state index in [9.17, 15) is 4.79 Å². The van der Waals surface area contributed by atoms with Crippen LogP contribution in [0.2, 0.25) is 0 Å². The summed E-state index contributed by atoms with van der Waals surface area (Å²) in [6.07, 6.45) is 0. The molecule has 0 fully saturated rings. The predicted molar refractivity (Wildman–Crippen MR) is 89.2 cm³/mol. The van der Waals surface area contributed by atoms with Crippen LogP contribution >= 0.6 is 15.9 Å². The third-order valence-corrected chi connectivity index (χ3v) is 3.74. The van der Waals surface area contributed by atoms with Gasteiger partial charge in [0.1, 0.15) is 5.75 Å². The summed E-state index contributed by atoms with van der Waals surface area (Å²) < 4.78 is 6.36. The van der Waals surface area contributed by atoms with E-state index in [1.54, 1.807) is 12.1 Å². The fourth-order valence-electron chi connectivity index (χ4n) is 1.98. The van der Waals surface area contributed by atoms with Crippen molar-refractivity contribution >= 4 is 27.5 Å². The summed E-state index contributed by atoms with van der Waals surface area (Å²) in [6, 6.07) is 11.3. The maximum absolute atomic E-state index is 12.4. The summed E-state index contributed by atoms with van der Waals surface area (Å²) in [5, 5.41) is 2.91. The van der Waals surface area contributed by atoms with Crippen molar-refractivity contribution in [1.29, 1.82) is 0 Å². The third kappa shape index (κ3) is 3.85. The second-order valence-electron chi connectivity index (χ2n) is 4.83. The molecule has 0 radical (unpaired) electrons. The Morgan fingerprint density at radius 1 is 1.14 bits per heavy atom. The minimum absolute atomic E-state index is 0.178. The Hall–Kier alpha value is -1.81. The van der Waals surface area contributed by atoms with Gasteiger partial charge in [0, 0.05) is 10.2 Å². The number of rotatable bonds is 4. The Balaban J connectivity index is 2.27. The molecular formula is C17H18BrNO2. The first-order valence-electron chi connectivity index (χ1n) is 6.82. The van der Waals surface area contributed by atoms with Crippen LogP contribution in [0.15, 0.2) is 40.9 Å². The van der Waals surface area contributed by atoms with Crippen molar-refractivity contribution < 1.29 is 9.53 Å². The smallest absolute Gasteiger partial charge is 0.259 e. The number of amides is 1. The van der Waals surface area contributed by atoms with E-state index in [4.69, 9.17) is 4.74 Å². The number of aryl methyl sites for hydroxylation is 2. The molecule has 0 bridgehead atoms. The zero-order valence-electron chi connectivity index (χ0n) is 12.4. The molecule has 0 spiro atoms. The van der Waals surface area contributed by atoms with E-state index >= 15 is 0 Å². The first-order chi connectivity index (χ1) is 10.0. The van der Waals surface area contributed by atoms with Crippen molar-refractivity contribution in [1.82, 2.24) is 0 Å². The first kappa shape index (κ1) is 15.6. The second kappa shape index (κ2) is 6.76. The molecule has 0 heterocycles. The lowest BCUT2D eigenvalue weighted by atomic mass is 10.1. The first-order valence-corrected chi connectivity index (χ1v) is 7.61. The molecule has 110 valence electrons. The summed E-state index contributed by atoms with van der Waals surface area (Å²) >= 11 is 3.39. The van der Waals surface area contributed by atoms with Gasteiger partial charge < -0.3 is 10.1 Å². The van der Waals surface area contributed by atoms with Crippen LogP contribution in [-0.4, -0.2) is 12.5 Å². The minimum atomic E-state index is -0.178. The summed E-state index contributed by atoms with van der Waals surface area (Å²) in [7, 11) is 0. The number of carbonyl (C=O) groups is 1. The van der Waals surface area contributed by atoms with Gasteiger partial charge in [-0.3, -0.25) is 4.79 Å². The number of hydrogen-bond donors (Lipinski definition) is 1. The van der Waals surface area contributed by atoms with Gasteiger partial charge in [-0.2, -0.15) is 0 Å². The summed E-state index contributed by atoms with van der Waals surface area (Å²) in [4.78, 5) is 12.4. The van der Waals surface area contributed by atoms with E-state index in [-0.39, 0.29) is 5.91 Å². The van der Waals surface area contributed by atoms with Crippen LogP contribution in [0.1, 0.15) is 28.4 Å². The maximum atomic E-state index is 12.4. The number of halogens is 1. The van der Waals surface area contributed by atoms with Crippen molar-refractivity contribution in [3.05, 3.63) is 57.6 Å². The lowest BCUT2D eigenvalue weighted by Gasteiger charge is -2.12. The van der Waals surface area contributed by atoms with Gasteiger partial charge in [0.15, 0.2) is 0 Å². The highest BCUT2D eigenvalue weighted by molar-refractivity contribution is 9.10. The quantitative estimate of drug-likeness (QED) is 0.868. The van der Waals surface area contributed by atoms with Crippen LogP contribution in [0.25, 0.3) is 0 Å². The van der Waals surface area contributed by atoms with Crippen molar-refractivity contribution in [3.63, 3.8) is 0 Å². The lowest BCUT2D eigenvalue weighted by molar-refractivity contribution is 0.102. The monoisotopic (exact) mass is 347 g/mol. The van der Waals surface area contributed by atoms with Gasteiger partial charge in [-0.1, -0.05) is 22.0 Å². The van der Waals surface area contributed by atoms with Crippen molar-refractivity contribution in [3.8, 4) is 5.75 Å². The normalized spacial score (nSPS) is 10.3. The molecule has 1 amide bonds. The Morgan fingerprint density at radius 3 is 2.57 bits per heavy atom. The minimum Gasteiger partial charge on any atom is -0.493 e.